The van der Waals surface area contributed by atoms with Gasteiger partial charge in [0.1, 0.15) is 5.75 Å². The average Bonchev–Trinajstić information content (AvgIpc) is 2.27. The lowest BCUT2D eigenvalue weighted by molar-refractivity contribution is 0.0985. The predicted octanol–water partition coefficient (Wildman–Crippen LogP) is 4.17. The monoisotopic (exact) mass is 274 g/mol. The van der Waals surface area contributed by atoms with Crippen molar-refractivity contribution >= 4 is 29.0 Å². The summed E-state index contributed by atoms with van der Waals surface area (Å²) in [6.45, 7) is 6.13. The van der Waals surface area contributed by atoms with E-state index in [1.54, 1.807) is 6.07 Å². The van der Waals surface area contributed by atoms with Crippen LogP contribution in [-0.4, -0.2) is 18.3 Å². The maximum atomic E-state index is 12.0. The van der Waals surface area contributed by atoms with Crippen molar-refractivity contribution in [2.75, 3.05) is 12.5 Å². The molecule has 0 fully saturated rings. The van der Waals surface area contributed by atoms with Crippen LogP contribution in [0.1, 0.15) is 34.8 Å². The number of hydrogen-bond donors (Lipinski definition) is 0. The molecule has 17 heavy (non-hydrogen) atoms. The fourth-order valence-electron chi connectivity index (χ4n) is 1.75. The summed E-state index contributed by atoms with van der Waals surface area (Å²) in [6, 6.07) is 1.81. The summed E-state index contributed by atoms with van der Waals surface area (Å²) in [6.07, 6.45) is 0.294. The van der Waals surface area contributed by atoms with Crippen LogP contribution in [0.25, 0.3) is 0 Å². The molecule has 0 spiro atoms. The fraction of sp³-hybridized carbons (Fsp3) is 0.462. The van der Waals surface area contributed by atoms with Crippen LogP contribution in [0.15, 0.2) is 6.07 Å². The molecule has 0 bridgehead atoms. The molecule has 0 atom stereocenters. The normalized spacial score (nSPS) is 10.4. The summed E-state index contributed by atoms with van der Waals surface area (Å²) in [5.74, 6) is 0.875. The van der Waals surface area contributed by atoms with E-state index in [9.17, 15) is 4.79 Å². The van der Waals surface area contributed by atoms with Crippen LogP contribution in [0.4, 0.5) is 0 Å². The van der Waals surface area contributed by atoms with Crippen molar-refractivity contribution in [1.82, 2.24) is 0 Å². The van der Waals surface area contributed by atoms with Gasteiger partial charge < -0.3 is 4.74 Å². The van der Waals surface area contributed by atoms with Gasteiger partial charge in [0.15, 0.2) is 5.78 Å². The van der Waals surface area contributed by atoms with Crippen molar-refractivity contribution in [3.05, 3.63) is 27.8 Å². The highest BCUT2D eigenvalue weighted by molar-refractivity contribution is 6.32. The van der Waals surface area contributed by atoms with Crippen LogP contribution in [-0.2, 0) is 0 Å². The van der Waals surface area contributed by atoms with Gasteiger partial charge in [-0.25, -0.2) is 0 Å². The second-order valence-corrected chi connectivity index (χ2v) is 4.56. The topological polar surface area (TPSA) is 26.3 Å². The quantitative estimate of drug-likeness (QED) is 0.595. The van der Waals surface area contributed by atoms with Gasteiger partial charge in [-0.3, -0.25) is 4.79 Å². The molecule has 94 valence electrons. The van der Waals surface area contributed by atoms with E-state index >= 15 is 0 Å². The molecule has 0 aromatic heterocycles. The SMILES string of the molecule is CCOc1cc(C)c(Cl)c(C)c1C(=O)CCCl. The van der Waals surface area contributed by atoms with Gasteiger partial charge >= 0.3 is 0 Å². The third-order valence-corrected chi connectivity index (χ3v) is 3.32. The van der Waals surface area contributed by atoms with Gasteiger partial charge in [0.25, 0.3) is 0 Å². The number of ether oxygens (including phenoxy) is 1. The molecule has 0 radical (unpaired) electrons. The third kappa shape index (κ3) is 3.14. The first-order chi connectivity index (χ1) is 8.02. The number of hydrogen-bond acceptors (Lipinski definition) is 2. The van der Waals surface area contributed by atoms with Crippen LogP contribution >= 0.6 is 23.2 Å². The minimum absolute atomic E-state index is 0.0251. The van der Waals surface area contributed by atoms with Crippen LogP contribution in [0.3, 0.4) is 0 Å². The lowest BCUT2D eigenvalue weighted by Gasteiger charge is -2.15. The van der Waals surface area contributed by atoms with Crippen LogP contribution < -0.4 is 4.74 Å². The Morgan fingerprint density at radius 3 is 2.59 bits per heavy atom. The number of alkyl halides is 1. The Labute approximate surface area is 112 Å². The van der Waals surface area contributed by atoms with Gasteiger partial charge in [0.2, 0.25) is 0 Å². The van der Waals surface area contributed by atoms with Crippen molar-refractivity contribution in [1.29, 1.82) is 0 Å². The zero-order valence-corrected chi connectivity index (χ0v) is 11.8. The Morgan fingerprint density at radius 2 is 2.06 bits per heavy atom. The van der Waals surface area contributed by atoms with Crippen molar-refractivity contribution in [2.45, 2.75) is 27.2 Å². The summed E-state index contributed by atoms with van der Waals surface area (Å²) < 4.78 is 5.50. The molecule has 0 heterocycles. The van der Waals surface area contributed by atoms with Gasteiger partial charge in [-0.1, -0.05) is 11.6 Å². The van der Waals surface area contributed by atoms with Gasteiger partial charge in [0, 0.05) is 17.3 Å². The van der Waals surface area contributed by atoms with E-state index < -0.39 is 0 Å². The molecular formula is C13H16Cl2O2. The molecule has 0 aliphatic carbocycles. The number of ketones is 1. The third-order valence-electron chi connectivity index (χ3n) is 2.54. The summed E-state index contributed by atoms with van der Waals surface area (Å²) in [4.78, 5) is 12.0. The van der Waals surface area contributed by atoms with Crippen molar-refractivity contribution < 1.29 is 9.53 Å². The predicted molar refractivity (Wildman–Crippen MR) is 71.8 cm³/mol. The van der Waals surface area contributed by atoms with E-state index in [4.69, 9.17) is 27.9 Å². The first-order valence-electron chi connectivity index (χ1n) is 5.54. The highest BCUT2D eigenvalue weighted by Crippen LogP contribution is 2.32. The number of Topliss-reactive ketones (excluding diaryl/α,β-unsaturated/α-hetero) is 1. The molecule has 1 rings (SSSR count). The first kappa shape index (κ1) is 14.3. The summed E-state index contributed by atoms with van der Waals surface area (Å²) in [5, 5.41) is 0.617. The smallest absolute Gasteiger partial charge is 0.168 e. The minimum Gasteiger partial charge on any atom is -0.493 e. The molecule has 0 unspecified atom stereocenters. The molecule has 0 aliphatic heterocycles. The highest BCUT2D eigenvalue weighted by Gasteiger charge is 2.18. The van der Waals surface area contributed by atoms with E-state index in [1.165, 1.54) is 0 Å². The molecule has 0 N–H and O–H groups in total. The van der Waals surface area contributed by atoms with Crippen molar-refractivity contribution in [2.24, 2.45) is 0 Å². The Balaban J connectivity index is 3.33. The van der Waals surface area contributed by atoms with E-state index in [1.807, 2.05) is 20.8 Å². The summed E-state index contributed by atoms with van der Waals surface area (Å²) in [5.41, 5.74) is 2.24. The summed E-state index contributed by atoms with van der Waals surface area (Å²) >= 11 is 11.8. The average molecular weight is 275 g/mol. The Bertz CT molecular complexity index is 428. The lowest BCUT2D eigenvalue weighted by Crippen LogP contribution is -2.08. The van der Waals surface area contributed by atoms with E-state index in [0.717, 1.165) is 11.1 Å². The molecule has 0 saturated heterocycles. The van der Waals surface area contributed by atoms with Crippen LogP contribution in [0.2, 0.25) is 5.02 Å². The number of carbonyl (C=O) groups excluding carboxylic acids is 1. The maximum absolute atomic E-state index is 12.0. The van der Waals surface area contributed by atoms with Crippen molar-refractivity contribution in [3.63, 3.8) is 0 Å². The number of rotatable bonds is 5. The Morgan fingerprint density at radius 1 is 1.41 bits per heavy atom. The molecule has 0 amide bonds. The Hall–Kier alpha value is -0.730. The number of benzene rings is 1. The standard InChI is InChI=1S/C13H16Cl2O2/c1-4-17-11-7-8(2)13(15)9(3)12(11)10(16)5-6-14/h7H,4-6H2,1-3H3. The molecule has 1 aromatic carbocycles. The molecule has 1 aromatic rings. The fourth-order valence-corrected chi connectivity index (χ4v) is 2.07. The number of aryl methyl sites for hydroxylation is 1. The molecular weight excluding hydrogens is 259 g/mol. The van der Waals surface area contributed by atoms with Crippen LogP contribution in [0.5, 0.6) is 5.75 Å². The van der Waals surface area contributed by atoms with Gasteiger partial charge in [-0.15, -0.1) is 11.6 Å². The van der Waals surface area contributed by atoms with E-state index in [0.29, 0.717) is 35.2 Å². The zero-order valence-electron chi connectivity index (χ0n) is 10.3. The second kappa shape index (κ2) is 6.27. The zero-order chi connectivity index (χ0) is 13.0. The molecule has 0 aliphatic rings. The molecule has 4 heteroatoms. The van der Waals surface area contributed by atoms with Gasteiger partial charge in [0.05, 0.1) is 12.2 Å². The number of carbonyl (C=O) groups is 1. The lowest BCUT2D eigenvalue weighted by atomic mass is 9.99. The summed E-state index contributed by atoms with van der Waals surface area (Å²) in [7, 11) is 0. The van der Waals surface area contributed by atoms with E-state index in [2.05, 4.69) is 0 Å². The van der Waals surface area contributed by atoms with Crippen LogP contribution in [0, 0.1) is 13.8 Å². The van der Waals surface area contributed by atoms with Crippen molar-refractivity contribution in [3.8, 4) is 5.75 Å². The van der Waals surface area contributed by atoms with Gasteiger partial charge in [-0.05, 0) is 38.0 Å². The number of halogens is 2. The van der Waals surface area contributed by atoms with E-state index in [-0.39, 0.29) is 5.78 Å². The molecule has 0 saturated carbocycles. The highest BCUT2D eigenvalue weighted by atomic mass is 35.5. The minimum atomic E-state index is -0.0251. The first-order valence-corrected chi connectivity index (χ1v) is 6.45. The maximum Gasteiger partial charge on any atom is 0.168 e. The second-order valence-electron chi connectivity index (χ2n) is 3.80. The largest absolute Gasteiger partial charge is 0.493 e. The van der Waals surface area contributed by atoms with Gasteiger partial charge in [-0.2, -0.15) is 0 Å². The molecule has 2 nitrogen and oxygen atoms in total. The Kier molecular flexibility index (Phi) is 5.29.